The van der Waals surface area contributed by atoms with Crippen molar-refractivity contribution in [1.29, 1.82) is 0 Å². The minimum absolute atomic E-state index is 0.0259. The quantitative estimate of drug-likeness (QED) is 0.462. The summed E-state index contributed by atoms with van der Waals surface area (Å²) in [6.45, 7) is 2.88. The molecule has 0 rings (SSSR count). The number of unbranched alkanes of at least 4 members (excludes halogenated alkanes) is 2. The SMILES string of the molecule is CCCCOS(=O)(=O)OCCOS(=O)(=O)OCCCC. The second-order valence-electron chi connectivity index (χ2n) is 3.81. The van der Waals surface area contributed by atoms with Crippen LogP contribution in [0.4, 0.5) is 0 Å². The Kier molecular flexibility index (Phi) is 10.3. The molecule has 0 radical (unpaired) electrons. The highest BCUT2D eigenvalue weighted by Gasteiger charge is 2.14. The van der Waals surface area contributed by atoms with Gasteiger partial charge in [-0.15, -0.1) is 0 Å². The van der Waals surface area contributed by atoms with E-state index in [1.54, 1.807) is 0 Å². The highest BCUT2D eigenvalue weighted by molar-refractivity contribution is 7.82. The van der Waals surface area contributed by atoms with Crippen LogP contribution in [0.15, 0.2) is 0 Å². The van der Waals surface area contributed by atoms with Gasteiger partial charge in [-0.2, -0.15) is 16.8 Å². The average Bonchev–Trinajstić information content (AvgIpc) is 2.35. The lowest BCUT2D eigenvalue weighted by Gasteiger charge is -2.07. The van der Waals surface area contributed by atoms with E-state index < -0.39 is 34.0 Å². The largest absolute Gasteiger partial charge is 0.399 e. The highest BCUT2D eigenvalue weighted by atomic mass is 32.3. The van der Waals surface area contributed by atoms with Gasteiger partial charge in [0.25, 0.3) is 0 Å². The Labute approximate surface area is 121 Å². The molecule has 0 amide bonds. The van der Waals surface area contributed by atoms with Crippen molar-refractivity contribution in [2.75, 3.05) is 26.4 Å². The highest BCUT2D eigenvalue weighted by Crippen LogP contribution is 2.02. The van der Waals surface area contributed by atoms with E-state index in [9.17, 15) is 16.8 Å². The van der Waals surface area contributed by atoms with Crippen LogP contribution in [0, 0.1) is 0 Å². The van der Waals surface area contributed by atoms with Crippen LogP contribution in [-0.2, 0) is 37.5 Å². The molecule has 0 aromatic rings. The van der Waals surface area contributed by atoms with Crippen molar-refractivity contribution < 1.29 is 33.6 Å². The summed E-state index contributed by atoms with van der Waals surface area (Å²) >= 11 is 0. The van der Waals surface area contributed by atoms with Gasteiger partial charge in [0.05, 0.1) is 26.4 Å². The lowest BCUT2D eigenvalue weighted by Crippen LogP contribution is -2.18. The van der Waals surface area contributed by atoms with E-state index in [0.717, 1.165) is 12.8 Å². The van der Waals surface area contributed by atoms with Crippen molar-refractivity contribution in [2.45, 2.75) is 39.5 Å². The molecule has 0 bridgehead atoms. The van der Waals surface area contributed by atoms with Gasteiger partial charge in [0.15, 0.2) is 0 Å². The minimum atomic E-state index is -4.11. The molecule has 0 aliphatic rings. The monoisotopic (exact) mass is 334 g/mol. The van der Waals surface area contributed by atoms with Crippen LogP contribution in [0.2, 0.25) is 0 Å². The Bertz CT molecular complexity index is 386. The fraction of sp³-hybridized carbons (Fsp3) is 1.00. The Morgan fingerprint density at radius 2 is 0.900 bits per heavy atom. The number of hydrogen-bond donors (Lipinski definition) is 0. The molecule has 0 saturated carbocycles. The minimum Gasteiger partial charge on any atom is -0.248 e. The van der Waals surface area contributed by atoms with Crippen LogP contribution >= 0.6 is 0 Å². The maximum Gasteiger partial charge on any atom is 0.399 e. The van der Waals surface area contributed by atoms with Gasteiger partial charge in [-0.25, -0.2) is 16.7 Å². The van der Waals surface area contributed by atoms with Crippen molar-refractivity contribution >= 4 is 20.8 Å². The molecule has 20 heavy (non-hydrogen) atoms. The summed E-state index contributed by atoms with van der Waals surface area (Å²) in [5.74, 6) is 0. The Hall–Kier alpha value is -0.260. The van der Waals surface area contributed by atoms with E-state index in [0.29, 0.717) is 12.8 Å². The van der Waals surface area contributed by atoms with Crippen molar-refractivity contribution in [3.8, 4) is 0 Å². The van der Waals surface area contributed by atoms with Gasteiger partial charge >= 0.3 is 20.8 Å². The van der Waals surface area contributed by atoms with E-state index in [1.165, 1.54) is 0 Å². The number of rotatable bonds is 13. The fourth-order valence-electron chi connectivity index (χ4n) is 0.951. The van der Waals surface area contributed by atoms with Crippen molar-refractivity contribution in [2.24, 2.45) is 0 Å². The fourth-order valence-corrected chi connectivity index (χ4v) is 2.28. The van der Waals surface area contributed by atoms with Gasteiger partial charge in [0.2, 0.25) is 0 Å². The maximum atomic E-state index is 11.2. The summed E-state index contributed by atoms with van der Waals surface area (Å²) in [6.07, 6.45) is 2.73. The predicted molar refractivity (Wildman–Crippen MR) is 71.5 cm³/mol. The van der Waals surface area contributed by atoms with Crippen LogP contribution in [0.25, 0.3) is 0 Å². The summed E-state index contributed by atoms with van der Waals surface area (Å²) in [6, 6.07) is 0. The Balaban J connectivity index is 3.84. The normalized spacial score (nSPS) is 12.7. The van der Waals surface area contributed by atoms with E-state index in [4.69, 9.17) is 0 Å². The topological polar surface area (TPSA) is 105 Å². The molecule has 0 aliphatic carbocycles. The van der Waals surface area contributed by atoms with Crippen LogP contribution in [0.1, 0.15) is 39.5 Å². The zero-order chi connectivity index (χ0) is 15.5. The lowest BCUT2D eigenvalue weighted by atomic mass is 10.4. The third-order valence-electron chi connectivity index (χ3n) is 1.99. The van der Waals surface area contributed by atoms with Gasteiger partial charge in [-0.3, -0.25) is 0 Å². The van der Waals surface area contributed by atoms with Crippen molar-refractivity contribution in [1.82, 2.24) is 0 Å². The molecule has 0 aliphatic heterocycles. The first-order valence-corrected chi connectivity index (χ1v) is 9.07. The van der Waals surface area contributed by atoms with Crippen LogP contribution in [0.3, 0.4) is 0 Å². The van der Waals surface area contributed by atoms with Crippen LogP contribution in [-0.4, -0.2) is 43.3 Å². The predicted octanol–water partition coefficient (Wildman–Crippen LogP) is 1.14. The van der Waals surface area contributed by atoms with E-state index in [-0.39, 0.29) is 13.2 Å². The average molecular weight is 334 g/mol. The second kappa shape index (κ2) is 10.5. The molecular weight excluding hydrogens is 312 g/mol. The molecule has 0 heterocycles. The van der Waals surface area contributed by atoms with Crippen LogP contribution in [0.5, 0.6) is 0 Å². The van der Waals surface area contributed by atoms with Crippen LogP contribution < -0.4 is 0 Å². The first kappa shape index (κ1) is 19.7. The molecule has 0 fully saturated rings. The van der Waals surface area contributed by atoms with Crippen molar-refractivity contribution in [3.63, 3.8) is 0 Å². The third-order valence-corrected chi connectivity index (χ3v) is 3.81. The lowest BCUT2D eigenvalue weighted by molar-refractivity contribution is 0.158. The number of hydrogen-bond acceptors (Lipinski definition) is 8. The third kappa shape index (κ3) is 11.6. The van der Waals surface area contributed by atoms with Gasteiger partial charge in [-0.05, 0) is 12.8 Å². The Morgan fingerprint density at radius 3 is 1.20 bits per heavy atom. The zero-order valence-electron chi connectivity index (χ0n) is 11.7. The molecule has 8 nitrogen and oxygen atoms in total. The smallest absolute Gasteiger partial charge is 0.248 e. The molecule has 10 heteroatoms. The van der Waals surface area contributed by atoms with E-state index in [1.807, 2.05) is 13.8 Å². The summed E-state index contributed by atoms with van der Waals surface area (Å²) < 4.78 is 62.4. The summed E-state index contributed by atoms with van der Waals surface area (Å²) in [4.78, 5) is 0. The zero-order valence-corrected chi connectivity index (χ0v) is 13.4. The molecule has 122 valence electrons. The molecular formula is C10H22O8S2. The van der Waals surface area contributed by atoms with Gasteiger partial charge in [-0.1, -0.05) is 26.7 Å². The molecule has 0 spiro atoms. The first-order valence-electron chi connectivity index (χ1n) is 6.40. The van der Waals surface area contributed by atoms with E-state index in [2.05, 4.69) is 16.7 Å². The summed E-state index contributed by atoms with van der Waals surface area (Å²) in [5, 5.41) is 0. The first-order chi connectivity index (χ1) is 9.33. The van der Waals surface area contributed by atoms with Gasteiger partial charge in [0, 0.05) is 0 Å². The molecule has 0 aromatic carbocycles. The molecule has 0 saturated heterocycles. The molecule has 0 N–H and O–H groups in total. The van der Waals surface area contributed by atoms with Gasteiger partial charge in [0.1, 0.15) is 0 Å². The molecule has 0 atom stereocenters. The summed E-state index contributed by atoms with van der Waals surface area (Å²) in [7, 11) is -8.22. The second-order valence-corrected chi connectivity index (χ2v) is 6.39. The summed E-state index contributed by atoms with van der Waals surface area (Å²) in [5.41, 5.74) is 0. The van der Waals surface area contributed by atoms with Crippen molar-refractivity contribution in [3.05, 3.63) is 0 Å². The molecule has 0 unspecified atom stereocenters. The Morgan fingerprint density at radius 1 is 0.600 bits per heavy atom. The molecule has 0 aromatic heterocycles. The van der Waals surface area contributed by atoms with E-state index >= 15 is 0 Å². The standard InChI is InChI=1S/C10H22O8S2/c1-3-5-7-15-19(11,12)17-9-10-18-20(13,14)16-8-6-4-2/h3-10H2,1-2H3. The van der Waals surface area contributed by atoms with Gasteiger partial charge < -0.3 is 0 Å². The maximum absolute atomic E-state index is 11.2.